The molecule has 0 saturated carbocycles. The smallest absolute Gasteiger partial charge is 0.293 e. The molecule has 0 bridgehead atoms. The second kappa shape index (κ2) is 9.98. The average Bonchev–Trinajstić information content (AvgIpc) is 3.06. The van der Waals surface area contributed by atoms with Gasteiger partial charge in [0.2, 0.25) is 0 Å². The van der Waals surface area contributed by atoms with E-state index in [2.05, 4.69) is 15.9 Å². The van der Waals surface area contributed by atoms with E-state index in [9.17, 15) is 9.59 Å². The molecule has 1 saturated heterocycles. The summed E-state index contributed by atoms with van der Waals surface area (Å²) in [5.74, 6) is 0.512. The highest BCUT2D eigenvalue weighted by Gasteiger charge is 2.34. The molecule has 0 spiro atoms. The zero-order chi connectivity index (χ0) is 21.6. The van der Waals surface area contributed by atoms with E-state index in [0.29, 0.717) is 24.5 Å². The van der Waals surface area contributed by atoms with Crippen molar-refractivity contribution in [2.75, 3.05) is 6.54 Å². The van der Waals surface area contributed by atoms with Gasteiger partial charge in [0, 0.05) is 11.0 Å². The maximum absolute atomic E-state index is 12.7. The Hall–Kier alpha value is -2.83. The summed E-state index contributed by atoms with van der Waals surface area (Å²) in [6.45, 7) is 0.863. The number of rotatable bonds is 7. The molecule has 4 nitrogen and oxygen atoms in total. The predicted molar refractivity (Wildman–Crippen MR) is 128 cm³/mol. The van der Waals surface area contributed by atoms with Gasteiger partial charge in [-0.2, -0.15) is 0 Å². The van der Waals surface area contributed by atoms with Crippen molar-refractivity contribution in [2.45, 2.75) is 13.0 Å². The lowest BCUT2D eigenvalue weighted by Crippen LogP contribution is -2.30. The summed E-state index contributed by atoms with van der Waals surface area (Å²) in [6, 6.07) is 25.3. The minimum atomic E-state index is -0.235. The molecule has 1 heterocycles. The van der Waals surface area contributed by atoms with E-state index in [1.165, 1.54) is 4.90 Å². The third-order valence-corrected chi connectivity index (χ3v) is 6.27. The number of ether oxygens (including phenoxy) is 1. The highest BCUT2D eigenvalue weighted by Crippen LogP contribution is 2.32. The van der Waals surface area contributed by atoms with Crippen molar-refractivity contribution < 1.29 is 14.3 Å². The molecule has 0 aromatic heterocycles. The van der Waals surface area contributed by atoms with Gasteiger partial charge in [0.1, 0.15) is 12.4 Å². The minimum absolute atomic E-state index is 0.221. The van der Waals surface area contributed by atoms with Gasteiger partial charge in [0.25, 0.3) is 11.1 Å². The molecule has 31 heavy (non-hydrogen) atoms. The number of carbonyl (C=O) groups excluding carboxylic acids is 2. The Morgan fingerprint density at radius 3 is 2.29 bits per heavy atom. The van der Waals surface area contributed by atoms with Crippen molar-refractivity contribution in [1.29, 1.82) is 0 Å². The van der Waals surface area contributed by atoms with Crippen molar-refractivity contribution in [3.05, 3.63) is 105 Å². The van der Waals surface area contributed by atoms with E-state index in [0.717, 1.165) is 38.7 Å². The van der Waals surface area contributed by atoms with Gasteiger partial charge < -0.3 is 4.74 Å². The number of hydrogen-bond donors (Lipinski definition) is 0. The molecule has 0 aliphatic carbocycles. The van der Waals surface area contributed by atoms with Crippen LogP contribution in [0.2, 0.25) is 0 Å². The molecule has 1 fully saturated rings. The summed E-state index contributed by atoms with van der Waals surface area (Å²) in [5.41, 5.74) is 3.03. The summed E-state index contributed by atoms with van der Waals surface area (Å²) in [7, 11) is 0. The van der Waals surface area contributed by atoms with Gasteiger partial charge >= 0.3 is 0 Å². The fraction of sp³-hybridized carbons (Fsp3) is 0.120. The van der Waals surface area contributed by atoms with Crippen LogP contribution < -0.4 is 4.74 Å². The zero-order valence-corrected chi connectivity index (χ0v) is 19.1. The Labute approximate surface area is 194 Å². The lowest BCUT2D eigenvalue weighted by molar-refractivity contribution is -0.122. The summed E-state index contributed by atoms with van der Waals surface area (Å²) in [5, 5.41) is -0.221. The van der Waals surface area contributed by atoms with Gasteiger partial charge in [-0.15, -0.1) is 0 Å². The molecule has 3 aromatic carbocycles. The van der Waals surface area contributed by atoms with Gasteiger partial charge in [-0.25, -0.2) is 0 Å². The molecule has 0 atom stereocenters. The molecule has 0 unspecified atom stereocenters. The van der Waals surface area contributed by atoms with Crippen LogP contribution in [0.25, 0.3) is 6.08 Å². The fourth-order valence-electron chi connectivity index (χ4n) is 3.14. The molecule has 3 aromatic rings. The van der Waals surface area contributed by atoms with Crippen LogP contribution in [0.3, 0.4) is 0 Å². The summed E-state index contributed by atoms with van der Waals surface area (Å²) >= 11 is 4.41. The second-order valence-corrected chi connectivity index (χ2v) is 8.96. The molecule has 156 valence electrons. The number of imide groups is 1. The lowest BCUT2D eigenvalue weighted by Gasteiger charge is -2.12. The third kappa shape index (κ3) is 5.66. The van der Waals surface area contributed by atoms with Crippen molar-refractivity contribution >= 4 is 44.9 Å². The predicted octanol–water partition coefficient (Wildman–Crippen LogP) is 6.31. The van der Waals surface area contributed by atoms with E-state index in [1.54, 1.807) is 6.08 Å². The number of amides is 2. The Morgan fingerprint density at radius 2 is 1.58 bits per heavy atom. The van der Waals surface area contributed by atoms with Gasteiger partial charge in [-0.05, 0) is 65.2 Å². The minimum Gasteiger partial charge on any atom is -0.489 e. The second-order valence-electron chi connectivity index (χ2n) is 7.05. The van der Waals surface area contributed by atoms with Crippen LogP contribution in [-0.2, 0) is 17.8 Å². The fourth-order valence-corrected chi connectivity index (χ4v) is 4.27. The Balaban J connectivity index is 1.36. The standard InChI is InChI=1S/C25H20BrNO3S/c26-21-10-6-20(7-11-21)17-30-22-12-8-19(9-13-22)16-23-24(28)27(25(29)31-23)15-14-18-4-2-1-3-5-18/h1-13,16H,14-15,17H2/b23-16-. The SMILES string of the molecule is O=C1S/C(=C\c2ccc(OCc3ccc(Br)cc3)cc2)C(=O)N1CCc1ccccc1. The zero-order valence-electron chi connectivity index (χ0n) is 16.7. The van der Waals surface area contributed by atoms with Crippen LogP contribution in [0, 0.1) is 0 Å². The van der Waals surface area contributed by atoms with Crippen LogP contribution in [-0.4, -0.2) is 22.6 Å². The molecule has 1 aliphatic rings. The number of hydrogen-bond acceptors (Lipinski definition) is 4. The van der Waals surface area contributed by atoms with Crippen LogP contribution in [0.15, 0.2) is 88.2 Å². The quantitative estimate of drug-likeness (QED) is 0.362. The molecule has 6 heteroatoms. The van der Waals surface area contributed by atoms with Crippen LogP contribution in [0.5, 0.6) is 5.75 Å². The highest BCUT2D eigenvalue weighted by atomic mass is 79.9. The normalized spacial score (nSPS) is 15.0. The number of carbonyl (C=O) groups is 2. The number of thioether (sulfide) groups is 1. The van der Waals surface area contributed by atoms with Gasteiger partial charge in [-0.3, -0.25) is 14.5 Å². The van der Waals surface area contributed by atoms with E-state index in [-0.39, 0.29) is 11.1 Å². The molecular formula is C25H20BrNO3S. The van der Waals surface area contributed by atoms with Crippen LogP contribution >= 0.6 is 27.7 Å². The van der Waals surface area contributed by atoms with Crippen molar-refractivity contribution in [3.63, 3.8) is 0 Å². The van der Waals surface area contributed by atoms with E-state index >= 15 is 0 Å². The first-order chi connectivity index (χ1) is 15.1. The van der Waals surface area contributed by atoms with Gasteiger partial charge in [0.15, 0.2) is 0 Å². The molecule has 4 rings (SSSR count). The maximum atomic E-state index is 12.7. The first-order valence-electron chi connectivity index (χ1n) is 9.85. The largest absolute Gasteiger partial charge is 0.489 e. The average molecular weight is 494 g/mol. The Bertz CT molecular complexity index is 1100. The summed E-state index contributed by atoms with van der Waals surface area (Å²) in [6.07, 6.45) is 2.41. The third-order valence-electron chi connectivity index (χ3n) is 4.84. The molecule has 1 aliphatic heterocycles. The molecule has 0 N–H and O–H groups in total. The lowest BCUT2D eigenvalue weighted by atomic mass is 10.1. The van der Waals surface area contributed by atoms with Crippen LogP contribution in [0.4, 0.5) is 4.79 Å². The van der Waals surface area contributed by atoms with Crippen molar-refractivity contribution in [1.82, 2.24) is 4.90 Å². The number of nitrogens with zero attached hydrogens (tertiary/aromatic N) is 1. The first kappa shape index (κ1) is 21.4. The van der Waals surface area contributed by atoms with Crippen molar-refractivity contribution in [3.8, 4) is 5.75 Å². The number of halogens is 1. The molecular weight excluding hydrogens is 474 g/mol. The highest BCUT2D eigenvalue weighted by molar-refractivity contribution is 9.10. The number of benzene rings is 3. The van der Waals surface area contributed by atoms with E-state index < -0.39 is 0 Å². The Morgan fingerprint density at radius 1 is 0.871 bits per heavy atom. The van der Waals surface area contributed by atoms with Crippen LogP contribution in [0.1, 0.15) is 16.7 Å². The molecule has 2 amide bonds. The monoisotopic (exact) mass is 493 g/mol. The maximum Gasteiger partial charge on any atom is 0.293 e. The summed E-state index contributed by atoms with van der Waals surface area (Å²) < 4.78 is 6.85. The summed E-state index contributed by atoms with van der Waals surface area (Å²) in [4.78, 5) is 26.8. The first-order valence-corrected chi connectivity index (χ1v) is 11.5. The Kier molecular flexibility index (Phi) is 6.89. The molecule has 0 radical (unpaired) electrons. The van der Waals surface area contributed by atoms with E-state index in [4.69, 9.17) is 4.74 Å². The van der Waals surface area contributed by atoms with E-state index in [1.807, 2.05) is 78.9 Å². The van der Waals surface area contributed by atoms with Gasteiger partial charge in [-0.1, -0.05) is 70.5 Å². The topological polar surface area (TPSA) is 46.6 Å². The van der Waals surface area contributed by atoms with Gasteiger partial charge in [0.05, 0.1) is 4.91 Å². The van der Waals surface area contributed by atoms with Crippen molar-refractivity contribution in [2.24, 2.45) is 0 Å².